The lowest BCUT2D eigenvalue weighted by Crippen LogP contribution is -2.33. The molecule has 1 aromatic rings. The number of hydrogen-bond acceptors (Lipinski definition) is 2. The van der Waals surface area contributed by atoms with Crippen LogP contribution in [0.15, 0.2) is 11.4 Å². The number of carbonyl (C=O) groups is 1. The van der Waals surface area contributed by atoms with Crippen LogP contribution < -0.4 is 5.32 Å². The summed E-state index contributed by atoms with van der Waals surface area (Å²) in [6, 6.07) is 1.70. The Bertz CT molecular complexity index is 343. The Morgan fingerprint density at radius 3 is 2.85 bits per heavy atom. The standard InChI is InChI=1S/C9H10ClNOS/c1-9(2-3-9)11-8(12)7-4-6(10)5-13-7/h4-5H,2-3H2,1H3,(H,11,12). The minimum absolute atomic E-state index is 0.00287. The van der Waals surface area contributed by atoms with Gasteiger partial charge >= 0.3 is 0 Å². The van der Waals surface area contributed by atoms with Crippen LogP contribution in [-0.4, -0.2) is 11.4 Å². The third-order valence-corrected chi connectivity index (χ3v) is 3.48. The first-order valence-electron chi connectivity index (χ1n) is 4.16. The van der Waals surface area contributed by atoms with Crippen molar-refractivity contribution in [1.82, 2.24) is 5.32 Å². The van der Waals surface area contributed by atoms with Gasteiger partial charge in [0.1, 0.15) is 0 Å². The van der Waals surface area contributed by atoms with Crippen molar-refractivity contribution in [2.24, 2.45) is 0 Å². The second kappa shape index (κ2) is 3.00. The van der Waals surface area contributed by atoms with Gasteiger partial charge in [0.2, 0.25) is 0 Å². The number of carbonyl (C=O) groups excluding carboxylic acids is 1. The predicted octanol–water partition coefficient (Wildman–Crippen LogP) is 2.68. The molecule has 13 heavy (non-hydrogen) atoms. The number of rotatable bonds is 2. The van der Waals surface area contributed by atoms with E-state index < -0.39 is 0 Å². The highest BCUT2D eigenvalue weighted by molar-refractivity contribution is 7.12. The van der Waals surface area contributed by atoms with Crippen LogP contribution in [0.2, 0.25) is 5.02 Å². The van der Waals surface area contributed by atoms with Gasteiger partial charge in [-0.1, -0.05) is 11.6 Å². The number of thiophene rings is 1. The molecule has 1 saturated carbocycles. The molecule has 0 aromatic carbocycles. The van der Waals surface area contributed by atoms with Crippen molar-refractivity contribution >= 4 is 28.8 Å². The normalized spacial score (nSPS) is 18.3. The van der Waals surface area contributed by atoms with Gasteiger partial charge in [0.15, 0.2) is 0 Å². The summed E-state index contributed by atoms with van der Waals surface area (Å²) in [7, 11) is 0. The van der Waals surface area contributed by atoms with Gasteiger partial charge in [0.25, 0.3) is 5.91 Å². The smallest absolute Gasteiger partial charge is 0.261 e. The Kier molecular flexibility index (Phi) is 2.08. The van der Waals surface area contributed by atoms with E-state index in [4.69, 9.17) is 11.6 Å². The van der Waals surface area contributed by atoms with Gasteiger partial charge in [-0.15, -0.1) is 11.3 Å². The molecule has 2 rings (SSSR count). The fourth-order valence-corrected chi connectivity index (χ4v) is 2.05. The van der Waals surface area contributed by atoms with Gasteiger partial charge < -0.3 is 5.32 Å². The second-order valence-corrected chi connectivity index (χ2v) is 4.99. The lowest BCUT2D eigenvalue weighted by atomic mass is 10.3. The molecule has 1 aromatic heterocycles. The maximum absolute atomic E-state index is 11.6. The molecule has 0 aliphatic heterocycles. The summed E-state index contributed by atoms with van der Waals surface area (Å²) in [5.74, 6) is -0.00287. The minimum Gasteiger partial charge on any atom is -0.346 e. The highest BCUT2D eigenvalue weighted by Gasteiger charge is 2.38. The summed E-state index contributed by atoms with van der Waals surface area (Å²) in [5.41, 5.74) is 0.0492. The van der Waals surface area contributed by atoms with Crippen molar-refractivity contribution in [3.05, 3.63) is 21.3 Å². The number of nitrogens with one attached hydrogen (secondary N) is 1. The van der Waals surface area contributed by atoms with E-state index in [0.717, 1.165) is 12.8 Å². The number of halogens is 1. The largest absolute Gasteiger partial charge is 0.346 e. The first-order chi connectivity index (χ1) is 6.09. The molecule has 1 aliphatic carbocycles. The van der Waals surface area contributed by atoms with Crippen molar-refractivity contribution in [1.29, 1.82) is 0 Å². The molecule has 4 heteroatoms. The van der Waals surface area contributed by atoms with Gasteiger partial charge in [-0.3, -0.25) is 4.79 Å². The second-order valence-electron chi connectivity index (χ2n) is 3.64. The molecule has 1 N–H and O–H groups in total. The summed E-state index contributed by atoms with van der Waals surface area (Å²) in [6.45, 7) is 2.06. The van der Waals surface area contributed by atoms with Crippen LogP contribution in [0.1, 0.15) is 29.4 Å². The van der Waals surface area contributed by atoms with Crippen LogP contribution in [0.4, 0.5) is 0 Å². The van der Waals surface area contributed by atoms with Crippen molar-refractivity contribution in [3.8, 4) is 0 Å². The van der Waals surface area contributed by atoms with Crippen LogP contribution in [0.3, 0.4) is 0 Å². The Balaban J connectivity index is 2.05. The maximum atomic E-state index is 11.6. The van der Waals surface area contributed by atoms with Crippen molar-refractivity contribution in [3.63, 3.8) is 0 Å². The first kappa shape index (κ1) is 9.03. The molecule has 0 radical (unpaired) electrons. The van der Waals surface area contributed by atoms with Crippen LogP contribution in [-0.2, 0) is 0 Å². The van der Waals surface area contributed by atoms with E-state index in [1.54, 1.807) is 11.4 Å². The lowest BCUT2D eigenvalue weighted by Gasteiger charge is -2.09. The molecular formula is C9H10ClNOS. The van der Waals surface area contributed by atoms with E-state index in [1.807, 2.05) is 0 Å². The van der Waals surface area contributed by atoms with E-state index in [1.165, 1.54) is 11.3 Å². The summed E-state index contributed by atoms with van der Waals surface area (Å²) in [4.78, 5) is 12.2. The monoisotopic (exact) mass is 215 g/mol. The zero-order valence-corrected chi connectivity index (χ0v) is 8.84. The van der Waals surface area contributed by atoms with Crippen molar-refractivity contribution < 1.29 is 4.79 Å². The summed E-state index contributed by atoms with van der Waals surface area (Å²) in [6.07, 6.45) is 2.16. The molecule has 70 valence electrons. The van der Waals surface area contributed by atoms with Gasteiger partial charge in [0, 0.05) is 10.9 Å². The van der Waals surface area contributed by atoms with E-state index in [-0.39, 0.29) is 11.4 Å². The van der Waals surface area contributed by atoms with Gasteiger partial charge in [-0.25, -0.2) is 0 Å². The minimum atomic E-state index is -0.00287. The molecule has 0 saturated heterocycles. The Hall–Kier alpha value is -0.540. The van der Waals surface area contributed by atoms with E-state index in [9.17, 15) is 4.79 Å². The van der Waals surface area contributed by atoms with Gasteiger partial charge in [0.05, 0.1) is 9.90 Å². The van der Waals surface area contributed by atoms with Crippen LogP contribution in [0.25, 0.3) is 0 Å². The topological polar surface area (TPSA) is 29.1 Å². The van der Waals surface area contributed by atoms with E-state index in [2.05, 4.69) is 12.2 Å². The fraction of sp³-hybridized carbons (Fsp3) is 0.444. The van der Waals surface area contributed by atoms with Gasteiger partial charge in [-0.2, -0.15) is 0 Å². The molecular weight excluding hydrogens is 206 g/mol. The average Bonchev–Trinajstić information content (AvgIpc) is 2.62. The Morgan fingerprint density at radius 2 is 2.38 bits per heavy atom. The maximum Gasteiger partial charge on any atom is 0.261 e. The quantitative estimate of drug-likeness (QED) is 0.808. The average molecular weight is 216 g/mol. The van der Waals surface area contributed by atoms with E-state index in [0.29, 0.717) is 9.90 Å². The van der Waals surface area contributed by atoms with Gasteiger partial charge in [-0.05, 0) is 25.8 Å². The van der Waals surface area contributed by atoms with Crippen LogP contribution in [0, 0.1) is 0 Å². The molecule has 1 aliphatic rings. The molecule has 0 unspecified atom stereocenters. The van der Waals surface area contributed by atoms with Crippen molar-refractivity contribution in [2.75, 3.05) is 0 Å². The third-order valence-electron chi connectivity index (χ3n) is 2.21. The molecule has 1 amide bonds. The third kappa shape index (κ3) is 2.03. The zero-order valence-electron chi connectivity index (χ0n) is 7.26. The molecule has 0 spiro atoms. The fourth-order valence-electron chi connectivity index (χ4n) is 1.08. The molecule has 1 heterocycles. The first-order valence-corrected chi connectivity index (χ1v) is 5.41. The Morgan fingerprint density at radius 1 is 1.69 bits per heavy atom. The number of amides is 1. The number of hydrogen-bond donors (Lipinski definition) is 1. The predicted molar refractivity (Wildman–Crippen MR) is 54.4 cm³/mol. The van der Waals surface area contributed by atoms with Crippen molar-refractivity contribution in [2.45, 2.75) is 25.3 Å². The summed E-state index contributed by atoms with van der Waals surface area (Å²) < 4.78 is 0. The van der Waals surface area contributed by atoms with Crippen LogP contribution in [0.5, 0.6) is 0 Å². The molecule has 0 bridgehead atoms. The summed E-state index contributed by atoms with van der Waals surface area (Å²) in [5, 5.41) is 5.38. The summed E-state index contributed by atoms with van der Waals surface area (Å²) >= 11 is 7.10. The lowest BCUT2D eigenvalue weighted by molar-refractivity contribution is 0.0939. The SMILES string of the molecule is CC1(NC(=O)c2cc(Cl)cs2)CC1. The zero-order chi connectivity index (χ0) is 9.47. The highest BCUT2D eigenvalue weighted by Crippen LogP contribution is 2.34. The Labute approximate surface area is 85.9 Å². The van der Waals surface area contributed by atoms with E-state index >= 15 is 0 Å². The highest BCUT2D eigenvalue weighted by atomic mass is 35.5. The molecule has 1 fully saturated rings. The molecule has 2 nitrogen and oxygen atoms in total. The molecule has 0 atom stereocenters. The van der Waals surface area contributed by atoms with Crippen LogP contribution >= 0.6 is 22.9 Å².